The summed E-state index contributed by atoms with van der Waals surface area (Å²) in [5.74, 6) is 0.217. The van der Waals surface area contributed by atoms with Gasteiger partial charge in [0, 0.05) is 42.5 Å². The van der Waals surface area contributed by atoms with Crippen LogP contribution in [0.5, 0.6) is 5.75 Å². The highest BCUT2D eigenvalue weighted by Gasteiger charge is 2.29. The van der Waals surface area contributed by atoms with Crippen molar-refractivity contribution in [1.29, 1.82) is 0 Å². The van der Waals surface area contributed by atoms with E-state index in [2.05, 4.69) is 10.6 Å². The number of hydrogen-bond donors (Lipinski definition) is 2. The Balaban J connectivity index is 1.25. The number of ether oxygens (including phenoxy) is 1. The number of anilines is 3. The van der Waals surface area contributed by atoms with Crippen molar-refractivity contribution < 1.29 is 19.1 Å². The average Bonchev–Trinajstić information content (AvgIpc) is 3.28. The normalized spacial score (nSPS) is 16.1. The molecule has 2 heterocycles. The average molecular weight is 456 g/mol. The Morgan fingerprint density at radius 1 is 0.912 bits per heavy atom. The van der Waals surface area contributed by atoms with Crippen LogP contribution in [0.15, 0.2) is 66.7 Å². The first-order chi connectivity index (χ1) is 16.5. The zero-order valence-corrected chi connectivity index (χ0v) is 18.8. The molecule has 0 radical (unpaired) electrons. The van der Waals surface area contributed by atoms with E-state index in [0.29, 0.717) is 29.9 Å². The van der Waals surface area contributed by atoms with Crippen LogP contribution in [-0.2, 0) is 22.4 Å². The van der Waals surface area contributed by atoms with Crippen LogP contribution in [0.1, 0.15) is 34.8 Å². The van der Waals surface area contributed by atoms with Gasteiger partial charge in [-0.15, -0.1) is 0 Å². The summed E-state index contributed by atoms with van der Waals surface area (Å²) in [5, 5.41) is 5.77. The maximum atomic E-state index is 12.9. The molecular weight excluding hydrogens is 430 g/mol. The lowest BCUT2D eigenvalue weighted by atomic mass is 10.0. The zero-order chi connectivity index (χ0) is 23.7. The Kier molecular flexibility index (Phi) is 5.76. The number of nitrogens with zero attached hydrogens (tertiary/aromatic N) is 1. The Labute approximate surface area is 197 Å². The molecule has 0 saturated carbocycles. The van der Waals surface area contributed by atoms with Crippen molar-refractivity contribution in [3.8, 4) is 5.75 Å². The highest BCUT2D eigenvalue weighted by atomic mass is 16.5. The Morgan fingerprint density at radius 2 is 1.74 bits per heavy atom. The molecule has 7 heteroatoms. The van der Waals surface area contributed by atoms with Crippen molar-refractivity contribution in [1.82, 2.24) is 0 Å². The van der Waals surface area contributed by atoms with E-state index in [1.165, 1.54) is 0 Å². The zero-order valence-electron chi connectivity index (χ0n) is 18.8. The van der Waals surface area contributed by atoms with E-state index >= 15 is 0 Å². The molecule has 2 N–H and O–H groups in total. The smallest absolute Gasteiger partial charge is 0.265 e. The van der Waals surface area contributed by atoms with E-state index in [0.717, 1.165) is 35.4 Å². The number of para-hydroxylation sites is 1. The summed E-state index contributed by atoms with van der Waals surface area (Å²) in [7, 11) is 0. The number of amides is 3. The standard InChI is InChI=1S/C27H25N3O4/c1-17(31)30-13-5-8-18-14-22(11-12-23(18)30)28-26(32)20-7-4-9-21(15-20)29-27(33)25-16-19-6-2-3-10-24(19)34-25/h2-4,6-7,9-12,14-15,25H,5,8,13,16H2,1H3,(H,28,32)(H,29,33). The Bertz CT molecular complexity index is 1260. The third kappa shape index (κ3) is 4.37. The highest BCUT2D eigenvalue weighted by molar-refractivity contribution is 6.06. The summed E-state index contributed by atoms with van der Waals surface area (Å²) in [4.78, 5) is 39.2. The molecule has 0 aromatic heterocycles. The summed E-state index contributed by atoms with van der Waals surface area (Å²) < 4.78 is 5.75. The molecule has 0 saturated heterocycles. The van der Waals surface area contributed by atoms with E-state index in [4.69, 9.17) is 4.74 Å². The fraction of sp³-hybridized carbons (Fsp3) is 0.222. The summed E-state index contributed by atoms with van der Waals surface area (Å²) in [5.41, 5.74) is 4.57. The lowest BCUT2D eigenvalue weighted by molar-refractivity contribution is -0.122. The minimum Gasteiger partial charge on any atom is -0.480 e. The van der Waals surface area contributed by atoms with Crippen molar-refractivity contribution in [2.45, 2.75) is 32.3 Å². The molecule has 1 atom stereocenters. The number of nitrogens with one attached hydrogen (secondary N) is 2. The molecule has 3 amide bonds. The summed E-state index contributed by atoms with van der Waals surface area (Å²) in [6, 6.07) is 20.0. The minimum atomic E-state index is -0.597. The summed E-state index contributed by atoms with van der Waals surface area (Å²) in [6.07, 6.45) is 1.67. The van der Waals surface area contributed by atoms with Gasteiger partial charge in [0.1, 0.15) is 5.75 Å². The molecule has 3 aromatic rings. The van der Waals surface area contributed by atoms with Crippen LogP contribution in [0.2, 0.25) is 0 Å². The first-order valence-electron chi connectivity index (χ1n) is 11.4. The van der Waals surface area contributed by atoms with Gasteiger partial charge in [0.15, 0.2) is 6.10 Å². The van der Waals surface area contributed by atoms with Crippen molar-refractivity contribution >= 4 is 34.8 Å². The van der Waals surface area contributed by atoms with Gasteiger partial charge in [0.2, 0.25) is 5.91 Å². The molecule has 1 unspecified atom stereocenters. The third-order valence-electron chi connectivity index (χ3n) is 6.17. The van der Waals surface area contributed by atoms with E-state index in [9.17, 15) is 14.4 Å². The Morgan fingerprint density at radius 3 is 2.56 bits per heavy atom. The first kappa shape index (κ1) is 21.7. The van der Waals surface area contributed by atoms with E-state index in [1.807, 2.05) is 36.4 Å². The van der Waals surface area contributed by atoms with Crippen LogP contribution < -0.4 is 20.3 Å². The van der Waals surface area contributed by atoms with Gasteiger partial charge >= 0.3 is 0 Å². The minimum absolute atomic E-state index is 0.0171. The van der Waals surface area contributed by atoms with Crippen LogP contribution in [0.3, 0.4) is 0 Å². The van der Waals surface area contributed by atoms with Crippen LogP contribution in [-0.4, -0.2) is 30.4 Å². The predicted molar refractivity (Wildman–Crippen MR) is 130 cm³/mol. The van der Waals surface area contributed by atoms with Crippen LogP contribution in [0.4, 0.5) is 17.1 Å². The number of benzene rings is 3. The monoisotopic (exact) mass is 455 g/mol. The number of aryl methyl sites for hydroxylation is 1. The molecule has 3 aromatic carbocycles. The molecule has 7 nitrogen and oxygen atoms in total. The molecule has 0 spiro atoms. The topological polar surface area (TPSA) is 87.7 Å². The van der Waals surface area contributed by atoms with Crippen molar-refractivity contribution in [3.05, 3.63) is 83.4 Å². The maximum Gasteiger partial charge on any atom is 0.265 e. The van der Waals surface area contributed by atoms with Crippen molar-refractivity contribution in [3.63, 3.8) is 0 Å². The van der Waals surface area contributed by atoms with Crippen LogP contribution in [0, 0.1) is 0 Å². The quantitative estimate of drug-likeness (QED) is 0.618. The second-order valence-corrected chi connectivity index (χ2v) is 8.56. The fourth-order valence-electron chi connectivity index (χ4n) is 4.49. The molecule has 2 aliphatic heterocycles. The van der Waals surface area contributed by atoms with Gasteiger partial charge in [-0.3, -0.25) is 14.4 Å². The molecule has 2 aliphatic rings. The van der Waals surface area contributed by atoms with Gasteiger partial charge in [-0.25, -0.2) is 0 Å². The number of carbonyl (C=O) groups is 3. The molecular formula is C27H25N3O4. The van der Waals surface area contributed by atoms with Crippen LogP contribution in [0.25, 0.3) is 0 Å². The lowest BCUT2D eigenvalue weighted by Gasteiger charge is -2.29. The number of rotatable bonds is 4. The van der Waals surface area contributed by atoms with Crippen molar-refractivity contribution in [2.75, 3.05) is 22.1 Å². The fourth-order valence-corrected chi connectivity index (χ4v) is 4.49. The van der Waals surface area contributed by atoms with Gasteiger partial charge in [0.05, 0.1) is 0 Å². The van der Waals surface area contributed by atoms with Gasteiger partial charge in [-0.2, -0.15) is 0 Å². The molecule has 0 bridgehead atoms. The van der Waals surface area contributed by atoms with Gasteiger partial charge in [-0.05, 0) is 66.4 Å². The maximum absolute atomic E-state index is 12.9. The van der Waals surface area contributed by atoms with E-state index in [-0.39, 0.29) is 17.7 Å². The molecule has 34 heavy (non-hydrogen) atoms. The van der Waals surface area contributed by atoms with Crippen LogP contribution >= 0.6 is 0 Å². The molecule has 0 aliphatic carbocycles. The second kappa shape index (κ2) is 9.02. The largest absolute Gasteiger partial charge is 0.480 e. The summed E-state index contributed by atoms with van der Waals surface area (Å²) in [6.45, 7) is 2.28. The molecule has 5 rings (SSSR count). The third-order valence-corrected chi connectivity index (χ3v) is 6.17. The van der Waals surface area contributed by atoms with Gasteiger partial charge in [-0.1, -0.05) is 24.3 Å². The molecule has 172 valence electrons. The molecule has 0 fully saturated rings. The van der Waals surface area contributed by atoms with Crippen molar-refractivity contribution in [2.24, 2.45) is 0 Å². The first-order valence-corrected chi connectivity index (χ1v) is 11.4. The highest BCUT2D eigenvalue weighted by Crippen LogP contribution is 2.31. The number of hydrogen-bond acceptors (Lipinski definition) is 4. The number of carbonyl (C=O) groups excluding carboxylic acids is 3. The number of fused-ring (bicyclic) bond motifs is 2. The van der Waals surface area contributed by atoms with Gasteiger partial charge in [0.25, 0.3) is 11.8 Å². The second-order valence-electron chi connectivity index (χ2n) is 8.56. The van der Waals surface area contributed by atoms with Gasteiger partial charge < -0.3 is 20.3 Å². The lowest BCUT2D eigenvalue weighted by Crippen LogP contribution is -2.33. The Hall–Kier alpha value is -4.13. The van der Waals surface area contributed by atoms with E-state index < -0.39 is 6.10 Å². The summed E-state index contributed by atoms with van der Waals surface area (Å²) >= 11 is 0. The van der Waals surface area contributed by atoms with E-state index in [1.54, 1.807) is 42.2 Å². The predicted octanol–water partition coefficient (Wildman–Crippen LogP) is 4.18. The SMILES string of the molecule is CC(=O)N1CCCc2cc(NC(=O)c3cccc(NC(=O)C4Cc5ccccc5O4)c3)ccc21.